The van der Waals surface area contributed by atoms with Gasteiger partial charge in [-0.2, -0.15) is 0 Å². The molecule has 8 nitrogen and oxygen atoms in total. The molecule has 0 bridgehead atoms. The van der Waals surface area contributed by atoms with E-state index < -0.39 is 11.2 Å². The minimum Gasteiger partial charge on any atom is -0.383 e. The van der Waals surface area contributed by atoms with Crippen molar-refractivity contribution in [2.24, 2.45) is 0 Å². The van der Waals surface area contributed by atoms with Crippen molar-refractivity contribution in [3.05, 3.63) is 43.2 Å². The molecule has 0 aliphatic rings. The van der Waals surface area contributed by atoms with E-state index in [2.05, 4.69) is 4.98 Å². The number of H-pyrrole nitrogens is 1. The van der Waals surface area contributed by atoms with Gasteiger partial charge in [-0.3, -0.25) is 24.0 Å². The standard InChI is InChI=1S/C18H27N5O3S/c1-4-6-9-23-16(19)15(17(25)20-18(23)26)22(5-2)14(24)12-21(3)11-13-8-7-10-27-13/h7-8,10H,4-6,9,11-12,19H2,1-3H3,(H,20,25,26). The molecule has 0 unspecified atom stereocenters. The molecule has 1 amide bonds. The van der Waals surface area contributed by atoms with E-state index >= 15 is 0 Å². The normalized spacial score (nSPS) is 11.1. The Labute approximate surface area is 162 Å². The topological polar surface area (TPSA) is 104 Å². The summed E-state index contributed by atoms with van der Waals surface area (Å²) < 4.78 is 1.32. The quantitative estimate of drug-likeness (QED) is 0.671. The first kappa shape index (κ1) is 20.9. The highest BCUT2D eigenvalue weighted by Gasteiger charge is 2.23. The van der Waals surface area contributed by atoms with Crippen LogP contribution in [0.1, 0.15) is 31.6 Å². The Balaban J connectivity index is 2.26. The molecule has 3 N–H and O–H groups in total. The number of nitrogens with one attached hydrogen (secondary N) is 1. The van der Waals surface area contributed by atoms with Crippen molar-refractivity contribution in [1.82, 2.24) is 14.5 Å². The predicted octanol–water partition coefficient (Wildman–Crippen LogP) is 1.47. The van der Waals surface area contributed by atoms with E-state index in [0.717, 1.165) is 17.7 Å². The van der Waals surface area contributed by atoms with Gasteiger partial charge in [0, 0.05) is 24.5 Å². The molecule has 148 valence electrons. The summed E-state index contributed by atoms with van der Waals surface area (Å²) in [6.07, 6.45) is 1.63. The number of aromatic amines is 1. The molecule has 0 aromatic carbocycles. The molecule has 0 atom stereocenters. The number of carbonyl (C=O) groups is 1. The van der Waals surface area contributed by atoms with Crippen molar-refractivity contribution < 1.29 is 4.79 Å². The first-order valence-electron chi connectivity index (χ1n) is 9.02. The second-order valence-electron chi connectivity index (χ2n) is 6.39. The zero-order valence-electron chi connectivity index (χ0n) is 16.0. The number of nitrogens with two attached hydrogens (primary N) is 1. The van der Waals surface area contributed by atoms with Crippen molar-refractivity contribution in [2.75, 3.05) is 30.8 Å². The Bertz CT molecular complexity index is 872. The molecule has 0 fully saturated rings. The molecular weight excluding hydrogens is 366 g/mol. The molecule has 0 saturated carbocycles. The van der Waals surface area contributed by atoms with E-state index in [9.17, 15) is 14.4 Å². The monoisotopic (exact) mass is 393 g/mol. The van der Waals surface area contributed by atoms with Crippen molar-refractivity contribution in [1.29, 1.82) is 0 Å². The lowest BCUT2D eigenvalue weighted by atomic mass is 10.3. The molecule has 0 aliphatic heterocycles. The van der Waals surface area contributed by atoms with Crippen molar-refractivity contribution in [3.63, 3.8) is 0 Å². The lowest BCUT2D eigenvalue weighted by molar-refractivity contribution is -0.119. The lowest BCUT2D eigenvalue weighted by Crippen LogP contribution is -2.44. The van der Waals surface area contributed by atoms with Gasteiger partial charge in [-0.1, -0.05) is 19.4 Å². The predicted molar refractivity (Wildman–Crippen MR) is 109 cm³/mol. The number of nitrogens with zero attached hydrogens (tertiary/aromatic N) is 3. The van der Waals surface area contributed by atoms with Gasteiger partial charge in [0.15, 0.2) is 5.69 Å². The van der Waals surface area contributed by atoms with Crippen LogP contribution in [0.5, 0.6) is 0 Å². The van der Waals surface area contributed by atoms with Crippen LogP contribution in [0.4, 0.5) is 11.5 Å². The SMILES string of the molecule is CCCCn1c(N)c(N(CC)C(=O)CN(C)Cc2cccs2)c(=O)[nH]c1=O. The summed E-state index contributed by atoms with van der Waals surface area (Å²) >= 11 is 1.63. The zero-order valence-corrected chi connectivity index (χ0v) is 16.8. The number of aromatic nitrogens is 2. The highest BCUT2D eigenvalue weighted by molar-refractivity contribution is 7.09. The van der Waals surface area contributed by atoms with Gasteiger partial charge in [0.1, 0.15) is 5.82 Å². The molecule has 0 saturated heterocycles. The maximum absolute atomic E-state index is 12.8. The third-order valence-corrected chi connectivity index (χ3v) is 5.11. The minimum atomic E-state index is -0.638. The van der Waals surface area contributed by atoms with E-state index in [0.29, 0.717) is 13.1 Å². The van der Waals surface area contributed by atoms with Crippen molar-refractivity contribution >= 4 is 28.7 Å². The van der Waals surface area contributed by atoms with Crippen LogP contribution in [-0.2, 0) is 17.9 Å². The van der Waals surface area contributed by atoms with E-state index in [-0.39, 0.29) is 30.5 Å². The van der Waals surface area contributed by atoms with Crippen LogP contribution < -0.4 is 21.9 Å². The fourth-order valence-electron chi connectivity index (χ4n) is 2.88. The number of unbranched alkanes of at least 4 members (excludes halogenated alkanes) is 1. The van der Waals surface area contributed by atoms with Gasteiger partial charge < -0.3 is 10.6 Å². The van der Waals surface area contributed by atoms with Gasteiger partial charge in [0.05, 0.1) is 6.54 Å². The number of hydrogen-bond donors (Lipinski definition) is 2. The van der Waals surface area contributed by atoms with Gasteiger partial charge in [-0.15, -0.1) is 11.3 Å². The first-order valence-corrected chi connectivity index (χ1v) is 9.90. The minimum absolute atomic E-state index is 0.0355. The smallest absolute Gasteiger partial charge is 0.330 e. The highest BCUT2D eigenvalue weighted by atomic mass is 32.1. The molecule has 2 heterocycles. The Kier molecular flexibility index (Phi) is 7.37. The van der Waals surface area contributed by atoms with Crippen molar-refractivity contribution in [3.8, 4) is 0 Å². The molecule has 2 aromatic heterocycles. The molecule has 27 heavy (non-hydrogen) atoms. The summed E-state index contributed by atoms with van der Waals surface area (Å²) in [6, 6.07) is 3.98. The van der Waals surface area contributed by atoms with Crippen LogP contribution >= 0.6 is 11.3 Å². The first-order chi connectivity index (χ1) is 12.9. The Hall–Kier alpha value is -2.39. The number of amides is 1. The third-order valence-electron chi connectivity index (χ3n) is 4.25. The fourth-order valence-corrected chi connectivity index (χ4v) is 3.66. The van der Waals surface area contributed by atoms with Crippen LogP contribution in [0.25, 0.3) is 0 Å². The molecule has 9 heteroatoms. The van der Waals surface area contributed by atoms with E-state index in [1.54, 1.807) is 18.3 Å². The highest BCUT2D eigenvalue weighted by Crippen LogP contribution is 2.18. The third kappa shape index (κ3) is 5.08. The van der Waals surface area contributed by atoms with Crippen LogP contribution in [-0.4, -0.2) is 40.5 Å². The second kappa shape index (κ2) is 9.52. The molecule has 0 aliphatic carbocycles. The molecule has 2 aromatic rings. The molecule has 2 rings (SSSR count). The maximum atomic E-state index is 12.8. The average molecular weight is 394 g/mol. The van der Waals surface area contributed by atoms with Gasteiger partial charge in [0.2, 0.25) is 5.91 Å². The number of nitrogen functional groups attached to an aromatic ring is 1. The lowest BCUT2D eigenvalue weighted by Gasteiger charge is -2.25. The Morgan fingerprint density at radius 2 is 2.07 bits per heavy atom. The summed E-state index contributed by atoms with van der Waals surface area (Å²) in [5.41, 5.74) is 4.98. The Morgan fingerprint density at radius 3 is 2.67 bits per heavy atom. The summed E-state index contributed by atoms with van der Waals surface area (Å²) in [5, 5.41) is 1.99. The molecule has 0 radical (unpaired) electrons. The molecule has 0 spiro atoms. The van der Waals surface area contributed by atoms with Gasteiger partial charge in [-0.05, 0) is 31.8 Å². The van der Waals surface area contributed by atoms with Gasteiger partial charge in [-0.25, -0.2) is 4.79 Å². The van der Waals surface area contributed by atoms with Gasteiger partial charge >= 0.3 is 5.69 Å². The average Bonchev–Trinajstić information content (AvgIpc) is 3.10. The largest absolute Gasteiger partial charge is 0.383 e. The summed E-state index contributed by atoms with van der Waals surface area (Å²) in [6.45, 7) is 5.23. The number of carbonyl (C=O) groups excluding carboxylic acids is 1. The number of hydrogen-bond acceptors (Lipinski definition) is 6. The summed E-state index contributed by atoms with van der Waals surface area (Å²) in [5.74, 6) is -0.206. The number of anilines is 2. The van der Waals surface area contributed by atoms with E-state index in [1.807, 2.05) is 36.4 Å². The number of rotatable bonds is 9. The van der Waals surface area contributed by atoms with E-state index in [1.165, 1.54) is 9.47 Å². The van der Waals surface area contributed by atoms with Crippen LogP contribution in [0.15, 0.2) is 27.1 Å². The van der Waals surface area contributed by atoms with Crippen LogP contribution in [0.2, 0.25) is 0 Å². The Morgan fingerprint density at radius 1 is 1.33 bits per heavy atom. The van der Waals surface area contributed by atoms with Crippen molar-refractivity contribution in [2.45, 2.75) is 39.8 Å². The number of thiophene rings is 1. The maximum Gasteiger partial charge on any atom is 0.330 e. The fraction of sp³-hybridized carbons (Fsp3) is 0.500. The van der Waals surface area contributed by atoms with Crippen LogP contribution in [0, 0.1) is 0 Å². The van der Waals surface area contributed by atoms with Gasteiger partial charge in [0.25, 0.3) is 5.56 Å². The van der Waals surface area contributed by atoms with E-state index in [4.69, 9.17) is 5.73 Å². The zero-order chi connectivity index (χ0) is 20.0. The molecular formula is C18H27N5O3S. The summed E-state index contributed by atoms with van der Waals surface area (Å²) in [4.78, 5) is 43.9. The summed E-state index contributed by atoms with van der Waals surface area (Å²) in [7, 11) is 1.85. The second-order valence-corrected chi connectivity index (χ2v) is 7.42. The number of likely N-dealkylation sites (N-methyl/N-ethyl adjacent to an activating group) is 2. The van der Waals surface area contributed by atoms with Crippen LogP contribution in [0.3, 0.4) is 0 Å².